The molecule has 3 N–H and O–H groups in total. The van der Waals surface area contributed by atoms with Gasteiger partial charge in [-0.15, -0.1) is 0 Å². The Balaban J connectivity index is 2.12. The molecule has 142 valence electrons. The van der Waals surface area contributed by atoms with Crippen LogP contribution in [0.4, 0.5) is 5.88 Å². The van der Waals surface area contributed by atoms with Crippen LogP contribution in [0.15, 0.2) is 9.21 Å². The van der Waals surface area contributed by atoms with Crippen LogP contribution < -0.4 is 16.2 Å². The average molecular weight is 363 g/mol. The van der Waals surface area contributed by atoms with Gasteiger partial charge in [-0.05, 0) is 34.2 Å². The Bertz CT molecular complexity index is 868. The summed E-state index contributed by atoms with van der Waals surface area (Å²) < 4.78 is 5.56. The fourth-order valence-corrected chi connectivity index (χ4v) is 2.75. The number of rotatable bonds is 7. The number of anilines is 1. The van der Waals surface area contributed by atoms with Crippen molar-refractivity contribution in [1.29, 1.82) is 0 Å². The lowest BCUT2D eigenvalue weighted by Gasteiger charge is -2.19. The summed E-state index contributed by atoms with van der Waals surface area (Å²) in [5.41, 5.74) is 0.184. The second-order valence-electron chi connectivity index (χ2n) is 6.45. The standard InChI is InChI=1S/C17H25N5O4/c1-6-22(7-12(23)18-9(2)3)8-13(24)19-17-15-14(11(5)26-17)10(4)20-21-16(15)25/h9H,6-8H2,1-5H3,(H,18,23)(H,19,24)(H,21,25). The van der Waals surface area contributed by atoms with Crippen LogP contribution in [0.3, 0.4) is 0 Å². The monoisotopic (exact) mass is 363 g/mol. The first-order valence-corrected chi connectivity index (χ1v) is 8.52. The van der Waals surface area contributed by atoms with Gasteiger partial charge in [0.2, 0.25) is 17.7 Å². The van der Waals surface area contributed by atoms with E-state index in [1.807, 2.05) is 20.8 Å². The predicted octanol–water partition coefficient (Wildman–Crippen LogP) is 0.918. The third-order valence-electron chi connectivity index (χ3n) is 3.88. The van der Waals surface area contributed by atoms with Crippen LogP contribution in [0.2, 0.25) is 0 Å². The number of aromatic amines is 1. The highest BCUT2D eigenvalue weighted by molar-refractivity contribution is 6.02. The van der Waals surface area contributed by atoms with Gasteiger partial charge in [-0.3, -0.25) is 24.6 Å². The first-order chi connectivity index (χ1) is 12.2. The van der Waals surface area contributed by atoms with E-state index in [2.05, 4.69) is 20.8 Å². The summed E-state index contributed by atoms with van der Waals surface area (Å²) in [6.07, 6.45) is 0. The number of aromatic nitrogens is 2. The molecule has 0 aliphatic rings. The van der Waals surface area contributed by atoms with Crippen molar-refractivity contribution in [3.63, 3.8) is 0 Å². The molecule has 0 spiro atoms. The topological polar surface area (TPSA) is 120 Å². The molecular weight excluding hydrogens is 338 g/mol. The number of fused-ring (bicyclic) bond motifs is 1. The fraction of sp³-hybridized carbons (Fsp3) is 0.529. The Kier molecular flexibility index (Phi) is 6.14. The number of amides is 2. The van der Waals surface area contributed by atoms with Crippen LogP contribution in [0.1, 0.15) is 32.2 Å². The molecule has 2 rings (SSSR count). The average Bonchev–Trinajstić information content (AvgIpc) is 2.86. The first-order valence-electron chi connectivity index (χ1n) is 8.52. The number of carbonyl (C=O) groups is 2. The second kappa shape index (κ2) is 8.13. The summed E-state index contributed by atoms with van der Waals surface area (Å²) >= 11 is 0. The zero-order chi connectivity index (χ0) is 19.4. The molecule has 0 saturated carbocycles. The van der Waals surface area contributed by atoms with Gasteiger partial charge >= 0.3 is 0 Å². The number of aryl methyl sites for hydroxylation is 2. The van der Waals surface area contributed by atoms with E-state index in [0.717, 1.165) is 0 Å². The zero-order valence-corrected chi connectivity index (χ0v) is 15.7. The normalized spacial score (nSPS) is 11.3. The maximum atomic E-state index is 12.4. The van der Waals surface area contributed by atoms with E-state index in [9.17, 15) is 14.4 Å². The number of likely N-dealkylation sites (N-methyl/N-ethyl adjacent to an activating group) is 1. The summed E-state index contributed by atoms with van der Waals surface area (Å²) in [5, 5.41) is 12.6. The molecule has 2 aromatic heterocycles. The van der Waals surface area contributed by atoms with Crippen LogP contribution in [-0.2, 0) is 9.59 Å². The third kappa shape index (κ3) is 4.48. The molecule has 0 aromatic carbocycles. The Hall–Kier alpha value is -2.68. The molecular formula is C17H25N5O4. The lowest BCUT2D eigenvalue weighted by atomic mass is 10.2. The van der Waals surface area contributed by atoms with Gasteiger partial charge in [-0.1, -0.05) is 6.92 Å². The summed E-state index contributed by atoms with van der Waals surface area (Å²) in [5.74, 6) is 0.0905. The molecule has 2 heterocycles. The number of hydrogen-bond donors (Lipinski definition) is 3. The zero-order valence-electron chi connectivity index (χ0n) is 15.7. The van der Waals surface area contributed by atoms with Crippen molar-refractivity contribution in [2.45, 2.75) is 40.7 Å². The molecule has 0 saturated heterocycles. The van der Waals surface area contributed by atoms with Gasteiger partial charge in [0.05, 0.1) is 24.2 Å². The van der Waals surface area contributed by atoms with Gasteiger partial charge in [0.25, 0.3) is 5.56 Å². The molecule has 0 atom stereocenters. The molecule has 9 heteroatoms. The van der Waals surface area contributed by atoms with Crippen molar-refractivity contribution in [2.75, 3.05) is 25.0 Å². The number of carbonyl (C=O) groups excluding carboxylic acids is 2. The molecule has 2 aromatic rings. The second-order valence-corrected chi connectivity index (χ2v) is 6.45. The number of nitrogens with one attached hydrogen (secondary N) is 3. The van der Waals surface area contributed by atoms with Crippen LogP contribution >= 0.6 is 0 Å². The minimum absolute atomic E-state index is 0.00519. The van der Waals surface area contributed by atoms with Gasteiger partial charge < -0.3 is 9.73 Å². The van der Waals surface area contributed by atoms with E-state index in [1.165, 1.54) is 0 Å². The minimum Gasteiger partial charge on any atom is -0.444 e. The number of hydrogen-bond acceptors (Lipinski definition) is 6. The Morgan fingerprint density at radius 2 is 1.85 bits per heavy atom. The van der Waals surface area contributed by atoms with Gasteiger partial charge in [0.1, 0.15) is 11.1 Å². The predicted molar refractivity (Wildman–Crippen MR) is 98.1 cm³/mol. The molecule has 2 amide bonds. The largest absolute Gasteiger partial charge is 0.444 e. The number of H-pyrrole nitrogens is 1. The van der Waals surface area contributed by atoms with Crippen molar-refractivity contribution in [2.24, 2.45) is 0 Å². The van der Waals surface area contributed by atoms with Gasteiger partial charge in [-0.2, -0.15) is 5.10 Å². The van der Waals surface area contributed by atoms with Gasteiger partial charge in [-0.25, -0.2) is 5.10 Å². The molecule has 0 bridgehead atoms. The van der Waals surface area contributed by atoms with E-state index in [0.29, 0.717) is 23.4 Å². The quantitative estimate of drug-likeness (QED) is 0.673. The Labute approximate surface area is 151 Å². The van der Waals surface area contributed by atoms with Crippen LogP contribution in [-0.4, -0.2) is 52.6 Å². The van der Waals surface area contributed by atoms with Crippen LogP contribution in [0.5, 0.6) is 0 Å². The van der Waals surface area contributed by atoms with E-state index in [-0.39, 0.29) is 42.2 Å². The van der Waals surface area contributed by atoms with Crippen molar-refractivity contribution in [1.82, 2.24) is 20.4 Å². The Morgan fingerprint density at radius 3 is 2.46 bits per heavy atom. The molecule has 0 radical (unpaired) electrons. The van der Waals surface area contributed by atoms with Crippen molar-refractivity contribution in [3.8, 4) is 0 Å². The smallest absolute Gasteiger partial charge is 0.277 e. The number of furan rings is 1. The minimum atomic E-state index is -0.429. The van der Waals surface area contributed by atoms with Crippen molar-refractivity contribution in [3.05, 3.63) is 21.8 Å². The van der Waals surface area contributed by atoms with Crippen molar-refractivity contribution < 1.29 is 14.0 Å². The summed E-state index contributed by atoms with van der Waals surface area (Å²) in [4.78, 5) is 38.0. The summed E-state index contributed by atoms with van der Waals surface area (Å²) in [6.45, 7) is 9.72. The van der Waals surface area contributed by atoms with Gasteiger partial charge in [0, 0.05) is 6.04 Å². The molecule has 0 fully saturated rings. The van der Waals surface area contributed by atoms with E-state index in [4.69, 9.17) is 4.42 Å². The van der Waals surface area contributed by atoms with E-state index < -0.39 is 5.56 Å². The molecule has 9 nitrogen and oxygen atoms in total. The Morgan fingerprint density at radius 1 is 1.19 bits per heavy atom. The first kappa shape index (κ1) is 19.6. The lowest BCUT2D eigenvalue weighted by Crippen LogP contribution is -2.42. The van der Waals surface area contributed by atoms with Crippen LogP contribution in [0.25, 0.3) is 10.8 Å². The van der Waals surface area contributed by atoms with Gasteiger partial charge in [0.15, 0.2) is 0 Å². The highest BCUT2D eigenvalue weighted by atomic mass is 16.4. The molecule has 0 aliphatic carbocycles. The third-order valence-corrected chi connectivity index (χ3v) is 3.88. The fourth-order valence-electron chi connectivity index (χ4n) is 2.75. The maximum Gasteiger partial charge on any atom is 0.277 e. The van der Waals surface area contributed by atoms with Crippen LogP contribution in [0, 0.1) is 13.8 Å². The highest BCUT2D eigenvalue weighted by Crippen LogP contribution is 2.28. The maximum absolute atomic E-state index is 12.4. The van der Waals surface area contributed by atoms with E-state index >= 15 is 0 Å². The highest BCUT2D eigenvalue weighted by Gasteiger charge is 2.20. The SMILES string of the molecule is CCN(CC(=O)Nc1oc(C)c2c(C)n[nH]c(=O)c12)CC(=O)NC(C)C. The number of nitrogens with zero attached hydrogens (tertiary/aromatic N) is 2. The van der Waals surface area contributed by atoms with E-state index in [1.54, 1.807) is 18.7 Å². The molecule has 26 heavy (non-hydrogen) atoms. The lowest BCUT2D eigenvalue weighted by molar-refractivity contribution is -0.123. The molecule has 0 unspecified atom stereocenters. The molecule has 0 aliphatic heterocycles. The van der Waals surface area contributed by atoms with Crippen molar-refractivity contribution >= 4 is 28.5 Å². The summed E-state index contributed by atoms with van der Waals surface area (Å²) in [7, 11) is 0. The summed E-state index contributed by atoms with van der Waals surface area (Å²) in [6, 6.07) is 0.0380.